The summed E-state index contributed by atoms with van der Waals surface area (Å²) in [5.41, 5.74) is 1.22. The molecule has 0 heteroatoms. The van der Waals surface area contributed by atoms with Crippen LogP contribution < -0.4 is 0 Å². The Balaban J connectivity index is 2.97. The smallest absolute Gasteiger partial charge is 0.00891 e. The van der Waals surface area contributed by atoms with Crippen LogP contribution in [-0.4, -0.2) is 0 Å². The van der Waals surface area contributed by atoms with Crippen molar-refractivity contribution < 1.29 is 0 Å². The molecule has 0 spiro atoms. The molecule has 0 amide bonds. The number of terminal acetylenes is 1. The maximum Gasteiger partial charge on any atom is 0.00891 e. The quantitative estimate of drug-likeness (QED) is 0.296. The van der Waals surface area contributed by atoms with Gasteiger partial charge in [0.1, 0.15) is 0 Å². The fourth-order valence-electron chi connectivity index (χ4n) is 0.492. The normalized spacial score (nSPS) is 8.00. The minimum absolute atomic E-state index is 0.882. The van der Waals surface area contributed by atoms with Crippen LogP contribution in [0.15, 0.2) is 12.2 Å². The Morgan fingerprint density at radius 1 is 1.75 bits per heavy atom. The molecule has 44 valence electrons. The van der Waals surface area contributed by atoms with Crippen LogP contribution in [-0.2, 0) is 0 Å². The van der Waals surface area contributed by atoms with E-state index in [1.54, 1.807) is 0 Å². The first kappa shape index (κ1) is 7.30. The summed E-state index contributed by atoms with van der Waals surface area (Å²) in [5, 5.41) is 0. The Hall–Kier alpha value is -0.700. The third kappa shape index (κ3) is 5.30. The molecule has 0 unspecified atom stereocenters. The zero-order valence-electron chi connectivity index (χ0n) is 5.41. The van der Waals surface area contributed by atoms with Crippen molar-refractivity contribution in [3.05, 3.63) is 12.2 Å². The molecule has 0 radical (unpaired) electrons. The van der Waals surface area contributed by atoms with Gasteiger partial charge in [-0.1, -0.05) is 5.57 Å². The second-order valence-electron chi connectivity index (χ2n) is 2.01. The average molecular weight is 108 g/mol. The van der Waals surface area contributed by atoms with E-state index in [1.807, 2.05) is 6.92 Å². The zero-order valence-corrected chi connectivity index (χ0v) is 5.41. The fourth-order valence-corrected chi connectivity index (χ4v) is 0.492. The molecule has 0 aliphatic rings. The van der Waals surface area contributed by atoms with E-state index in [4.69, 9.17) is 6.42 Å². The Morgan fingerprint density at radius 2 is 2.38 bits per heavy atom. The molecule has 0 N–H and O–H groups in total. The van der Waals surface area contributed by atoms with E-state index >= 15 is 0 Å². The number of hydrogen-bond acceptors (Lipinski definition) is 0. The summed E-state index contributed by atoms with van der Waals surface area (Å²) in [6.07, 6.45) is 8.08. The second-order valence-corrected chi connectivity index (χ2v) is 2.01. The van der Waals surface area contributed by atoms with Crippen LogP contribution in [0.5, 0.6) is 0 Å². The lowest BCUT2D eigenvalue weighted by atomic mass is 10.1. The largest absolute Gasteiger partial charge is 0.120 e. The van der Waals surface area contributed by atoms with Gasteiger partial charge < -0.3 is 0 Å². The molecule has 0 aliphatic heterocycles. The van der Waals surface area contributed by atoms with Crippen LogP contribution in [0, 0.1) is 12.3 Å². The van der Waals surface area contributed by atoms with E-state index in [1.165, 1.54) is 5.57 Å². The lowest BCUT2D eigenvalue weighted by molar-refractivity contribution is 0.850. The lowest BCUT2D eigenvalue weighted by Gasteiger charge is -1.91. The molecule has 0 saturated heterocycles. The maximum atomic E-state index is 5.04. The Labute approximate surface area is 51.6 Å². The third-order valence-electron chi connectivity index (χ3n) is 0.925. The monoisotopic (exact) mass is 108 g/mol. The van der Waals surface area contributed by atoms with Crippen LogP contribution in [0.25, 0.3) is 0 Å². The summed E-state index contributed by atoms with van der Waals surface area (Å²) in [7, 11) is 0. The summed E-state index contributed by atoms with van der Waals surface area (Å²) in [6, 6.07) is 0. The van der Waals surface area contributed by atoms with Gasteiger partial charge in [0.2, 0.25) is 0 Å². The first-order valence-electron chi connectivity index (χ1n) is 2.85. The van der Waals surface area contributed by atoms with Crippen molar-refractivity contribution in [1.82, 2.24) is 0 Å². The highest BCUT2D eigenvalue weighted by Crippen LogP contribution is 2.01. The van der Waals surface area contributed by atoms with Crippen LogP contribution in [0.1, 0.15) is 26.2 Å². The first-order chi connectivity index (χ1) is 3.77. The molecular weight excluding hydrogens is 96.1 g/mol. The molecule has 0 nitrogen and oxygen atoms in total. The Bertz CT molecular complexity index is 104. The second kappa shape index (κ2) is 4.46. The van der Waals surface area contributed by atoms with Crippen molar-refractivity contribution in [3.8, 4) is 12.3 Å². The highest BCUT2D eigenvalue weighted by Gasteiger charge is 1.82. The van der Waals surface area contributed by atoms with Gasteiger partial charge in [0.25, 0.3) is 0 Å². The number of unbranched alkanes of at least 4 members (excludes halogenated alkanes) is 1. The van der Waals surface area contributed by atoms with E-state index < -0.39 is 0 Å². The number of allylic oxidation sites excluding steroid dienone is 1. The van der Waals surface area contributed by atoms with Crippen LogP contribution >= 0.6 is 0 Å². The van der Waals surface area contributed by atoms with Gasteiger partial charge >= 0.3 is 0 Å². The van der Waals surface area contributed by atoms with Gasteiger partial charge in [-0.05, 0) is 19.8 Å². The van der Waals surface area contributed by atoms with E-state index in [9.17, 15) is 0 Å². The molecular formula is C8H12. The van der Waals surface area contributed by atoms with Gasteiger partial charge in [-0.2, -0.15) is 0 Å². The lowest BCUT2D eigenvalue weighted by Crippen LogP contribution is -1.73. The van der Waals surface area contributed by atoms with Crippen molar-refractivity contribution >= 4 is 0 Å². The van der Waals surface area contributed by atoms with Crippen LogP contribution in [0.2, 0.25) is 0 Å². The topological polar surface area (TPSA) is 0 Å². The molecule has 0 aromatic rings. The first-order valence-corrected chi connectivity index (χ1v) is 2.85. The van der Waals surface area contributed by atoms with Crippen molar-refractivity contribution in [2.75, 3.05) is 0 Å². The van der Waals surface area contributed by atoms with E-state index in [2.05, 4.69) is 12.5 Å². The van der Waals surface area contributed by atoms with Crippen molar-refractivity contribution in [1.29, 1.82) is 0 Å². The summed E-state index contributed by atoms with van der Waals surface area (Å²) in [6.45, 7) is 5.78. The van der Waals surface area contributed by atoms with Gasteiger partial charge in [-0.15, -0.1) is 18.9 Å². The fraction of sp³-hybridized carbons (Fsp3) is 0.500. The minimum atomic E-state index is 0.882. The summed E-state index contributed by atoms with van der Waals surface area (Å²) >= 11 is 0. The van der Waals surface area contributed by atoms with Gasteiger partial charge in [0.05, 0.1) is 0 Å². The summed E-state index contributed by atoms with van der Waals surface area (Å²) in [4.78, 5) is 0. The number of rotatable bonds is 3. The molecule has 0 bridgehead atoms. The van der Waals surface area contributed by atoms with Crippen molar-refractivity contribution in [2.45, 2.75) is 26.2 Å². The van der Waals surface area contributed by atoms with E-state index in [-0.39, 0.29) is 0 Å². The zero-order chi connectivity index (χ0) is 6.41. The third-order valence-corrected chi connectivity index (χ3v) is 0.925. The van der Waals surface area contributed by atoms with E-state index in [0.29, 0.717) is 0 Å². The van der Waals surface area contributed by atoms with Gasteiger partial charge in [0.15, 0.2) is 0 Å². The Kier molecular flexibility index (Phi) is 4.07. The summed E-state index contributed by atoms with van der Waals surface area (Å²) in [5.74, 6) is 2.58. The average Bonchev–Trinajstić information content (AvgIpc) is 1.66. The van der Waals surface area contributed by atoms with Crippen LogP contribution in [0.4, 0.5) is 0 Å². The van der Waals surface area contributed by atoms with Crippen molar-refractivity contribution in [3.63, 3.8) is 0 Å². The SMILES string of the molecule is C#CCCCC(=C)C. The Morgan fingerprint density at radius 3 is 2.75 bits per heavy atom. The van der Waals surface area contributed by atoms with Gasteiger partial charge in [-0.3, -0.25) is 0 Å². The molecule has 0 aromatic carbocycles. The highest BCUT2D eigenvalue weighted by molar-refractivity contribution is 4.90. The molecule has 8 heavy (non-hydrogen) atoms. The summed E-state index contributed by atoms with van der Waals surface area (Å²) < 4.78 is 0. The van der Waals surface area contributed by atoms with Crippen LogP contribution in [0.3, 0.4) is 0 Å². The molecule has 0 rings (SSSR count). The molecule has 0 aliphatic carbocycles. The van der Waals surface area contributed by atoms with Gasteiger partial charge in [-0.25, -0.2) is 0 Å². The molecule has 0 saturated carbocycles. The molecule has 0 heterocycles. The molecule has 0 fully saturated rings. The maximum absolute atomic E-state index is 5.04. The molecule has 0 aromatic heterocycles. The number of hydrogen-bond donors (Lipinski definition) is 0. The minimum Gasteiger partial charge on any atom is -0.120 e. The van der Waals surface area contributed by atoms with Gasteiger partial charge in [0, 0.05) is 6.42 Å². The van der Waals surface area contributed by atoms with Crippen molar-refractivity contribution in [2.24, 2.45) is 0 Å². The van der Waals surface area contributed by atoms with E-state index in [0.717, 1.165) is 19.3 Å². The molecule has 0 atom stereocenters. The standard InChI is InChI=1S/C8H12/c1-4-5-6-7-8(2)3/h1H,2,5-7H2,3H3. The predicted molar refractivity (Wildman–Crippen MR) is 37.5 cm³/mol. The highest BCUT2D eigenvalue weighted by atomic mass is 13.9. The predicted octanol–water partition coefficient (Wildman–Crippen LogP) is 2.37.